The van der Waals surface area contributed by atoms with E-state index in [2.05, 4.69) is 23.6 Å². The highest BCUT2D eigenvalue weighted by Crippen LogP contribution is 2.34. The van der Waals surface area contributed by atoms with Crippen LogP contribution >= 0.6 is 0 Å². The van der Waals surface area contributed by atoms with Crippen molar-refractivity contribution in [2.45, 2.75) is 38.8 Å². The second-order valence-electron chi connectivity index (χ2n) is 6.40. The summed E-state index contributed by atoms with van der Waals surface area (Å²) in [5.41, 5.74) is 6.26. The van der Waals surface area contributed by atoms with Gasteiger partial charge in [-0.3, -0.25) is 4.90 Å². The number of aliphatic hydroxyl groups excluding tert-OH is 1. The summed E-state index contributed by atoms with van der Waals surface area (Å²) in [4.78, 5) is 4.93. The fourth-order valence-electron chi connectivity index (χ4n) is 3.07. The van der Waals surface area contributed by atoms with Crippen LogP contribution < -0.4 is 5.73 Å². The Kier molecular flexibility index (Phi) is 5.01. The molecule has 2 rings (SSSR count). The summed E-state index contributed by atoms with van der Waals surface area (Å²) < 4.78 is 0. The Labute approximate surface area is 111 Å². The molecule has 0 bridgehead atoms. The minimum Gasteiger partial charge on any atom is -0.395 e. The van der Waals surface area contributed by atoms with Crippen molar-refractivity contribution >= 4 is 0 Å². The molecule has 1 aliphatic heterocycles. The Morgan fingerprint density at radius 3 is 2.22 bits per heavy atom. The van der Waals surface area contributed by atoms with Gasteiger partial charge in [0.25, 0.3) is 0 Å². The number of aliphatic hydroxyl groups is 1. The SMILES string of the molecule is CC(C)CN1CCN(C(CO)C(N)C2CC2)CC1. The smallest absolute Gasteiger partial charge is 0.0602 e. The van der Waals surface area contributed by atoms with Crippen molar-refractivity contribution < 1.29 is 5.11 Å². The average molecular weight is 255 g/mol. The van der Waals surface area contributed by atoms with Crippen LogP contribution in [0.1, 0.15) is 26.7 Å². The van der Waals surface area contributed by atoms with Gasteiger partial charge in [0.15, 0.2) is 0 Å². The van der Waals surface area contributed by atoms with Crippen LogP contribution in [0.4, 0.5) is 0 Å². The number of piperazine rings is 1. The highest BCUT2D eigenvalue weighted by molar-refractivity contribution is 4.94. The highest BCUT2D eigenvalue weighted by atomic mass is 16.3. The Morgan fingerprint density at radius 1 is 1.17 bits per heavy atom. The molecule has 4 heteroatoms. The largest absolute Gasteiger partial charge is 0.395 e. The van der Waals surface area contributed by atoms with Crippen LogP contribution in [0.2, 0.25) is 0 Å². The monoisotopic (exact) mass is 255 g/mol. The fraction of sp³-hybridized carbons (Fsp3) is 1.00. The first-order valence-corrected chi connectivity index (χ1v) is 7.44. The van der Waals surface area contributed by atoms with Crippen LogP contribution in [0.3, 0.4) is 0 Å². The van der Waals surface area contributed by atoms with E-state index < -0.39 is 0 Å². The summed E-state index contributed by atoms with van der Waals surface area (Å²) in [5, 5.41) is 9.60. The normalized spacial score (nSPS) is 26.5. The zero-order chi connectivity index (χ0) is 13.1. The second-order valence-corrected chi connectivity index (χ2v) is 6.40. The van der Waals surface area contributed by atoms with Crippen molar-refractivity contribution in [2.24, 2.45) is 17.6 Å². The molecule has 0 radical (unpaired) electrons. The van der Waals surface area contributed by atoms with Crippen molar-refractivity contribution in [3.8, 4) is 0 Å². The topological polar surface area (TPSA) is 52.7 Å². The zero-order valence-corrected chi connectivity index (χ0v) is 11.9. The molecule has 0 amide bonds. The third-order valence-electron chi connectivity index (χ3n) is 4.30. The molecule has 0 spiro atoms. The van der Waals surface area contributed by atoms with Crippen molar-refractivity contribution in [2.75, 3.05) is 39.3 Å². The lowest BCUT2D eigenvalue weighted by Crippen LogP contribution is -2.57. The Hall–Kier alpha value is -0.160. The van der Waals surface area contributed by atoms with Crippen LogP contribution in [-0.2, 0) is 0 Å². The van der Waals surface area contributed by atoms with Crippen molar-refractivity contribution in [1.82, 2.24) is 9.80 Å². The second kappa shape index (κ2) is 6.33. The van der Waals surface area contributed by atoms with Gasteiger partial charge in [0.1, 0.15) is 0 Å². The van der Waals surface area contributed by atoms with Crippen LogP contribution in [-0.4, -0.2) is 66.3 Å². The molecule has 3 N–H and O–H groups in total. The maximum Gasteiger partial charge on any atom is 0.0602 e. The molecule has 2 unspecified atom stereocenters. The molecular weight excluding hydrogens is 226 g/mol. The number of hydrogen-bond acceptors (Lipinski definition) is 4. The lowest BCUT2D eigenvalue weighted by Gasteiger charge is -2.41. The molecule has 2 fully saturated rings. The molecule has 1 saturated carbocycles. The number of nitrogens with two attached hydrogens (primary N) is 1. The Balaban J connectivity index is 1.79. The lowest BCUT2D eigenvalue weighted by atomic mass is 10.0. The van der Waals surface area contributed by atoms with Crippen LogP contribution in [0.15, 0.2) is 0 Å². The molecule has 4 nitrogen and oxygen atoms in total. The van der Waals surface area contributed by atoms with E-state index in [0.717, 1.165) is 32.1 Å². The molecule has 1 saturated heterocycles. The van der Waals surface area contributed by atoms with Crippen molar-refractivity contribution in [3.05, 3.63) is 0 Å². The Morgan fingerprint density at radius 2 is 1.78 bits per heavy atom. The maximum atomic E-state index is 9.60. The first-order chi connectivity index (χ1) is 8.61. The molecule has 0 aromatic carbocycles. The molecule has 2 atom stereocenters. The number of hydrogen-bond donors (Lipinski definition) is 2. The summed E-state index contributed by atoms with van der Waals surface area (Å²) in [5.74, 6) is 1.40. The molecule has 1 aliphatic carbocycles. The number of rotatable bonds is 6. The van der Waals surface area contributed by atoms with Crippen LogP contribution in [0.5, 0.6) is 0 Å². The first kappa shape index (κ1) is 14.3. The minimum absolute atomic E-state index is 0.173. The lowest BCUT2D eigenvalue weighted by molar-refractivity contribution is 0.0463. The van der Waals surface area contributed by atoms with E-state index >= 15 is 0 Å². The van der Waals surface area contributed by atoms with E-state index in [1.165, 1.54) is 19.4 Å². The molecule has 106 valence electrons. The van der Waals surface area contributed by atoms with Gasteiger partial charge in [-0.1, -0.05) is 13.8 Å². The zero-order valence-electron chi connectivity index (χ0n) is 11.9. The van der Waals surface area contributed by atoms with Gasteiger partial charge in [0.2, 0.25) is 0 Å². The fourth-order valence-corrected chi connectivity index (χ4v) is 3.07. The highest BCUT2D eigenvalue weighted by Gasteiger charge is 2.37. The van der Waals surface area contributed by atoms with Gasteiger partial charge in [-0.15, -0.1) is 0 Å². The first-order valence-electron chi connectivity index (χ1n) is 7.44. The quantitative estimate of drug-likeness (QED) is 0.719. The molecule has 2 aliphatic rings. The van der Waals surface area contributed by atoms with Gasteiger partial charge in [-0.05, 0) is 24.7 Å². The van der Waals surface area contributed by atoms with E-state index in [1.807, 2.05) is 0 Å². The summed E-state index contributed by atoms with van der Waals surface area (Å²) in [6, 6.07) is 0.352. The van der Waals surface area contributed by atoms with Gasteiger partial charge in [0.05, 0.1) is 6.61 Å². The standard InChI is InChI=1S/C14H29N3O/c1-11(2)9-16-5-7-17(8-6-16)13(10-18)14(15)12-3-4-12/h11-14,18H,3-10,15H2,1-2H3. The maximum absolute atomic E-state index is 9.60. The van der Waals surface area contributed by atoms with Gasteiger partial charge < -0.3 is 15.7 Å². The summed E-state index contributed by atoms with van der Waals surface area (Å²) in [7, 11) is 0. The molecule has 0 aromatic heterocycles. The van der Waals surface area contributed by atoms with E-state index in [0.29, 0.717) is 5.92 Å². The van der Waals surface area contributed by atoms with Crippen LogP contribution in [0, 0.1) is 11.8 Å². The van der Waals surface area contributed by atoms with Crippen LogP contribution in [0.25, 0.3) is 0 Å². The van der Waals surface area contributed by atoms with Gasteiger partial charge in [-0.25, -0.2) is 0 Å². The minimum atomic E-state index is 0.173. The molecule has 18 heavy (non-hydrogen) atoms. The predicted octanol–water partition coefficient (Wildman–Crippen LogP) is 0.358. The van der Waals surface area contributed by atoms with E-state index in [1.54, 1.807) is 0 Å². The predicted molar refractivity (Wildman–Crippen MR) is 74.4 cm³/mol. The van der Waals surface area contributed by atoms with E-state index in [-0.39, 0.29) is 18.7 Å². The van der Waals surface area contributed by atoms with E-state index in [9.17, 15) is 5.11 Å². The summed E-state index contributed by atoms with van der Waals surface area (Å²) in [6.07, 6.45) is 2.51. The molecule has 1 heterocycles. The van der Waals surface area contributed by atoms with Crippen molar-refractivity contribution in [1.29, 1.82) is 0 Å². The van der Waals surface area contributed by atoms with E-state index in [4.69, 9.17) is 5.73 Å². The molecule has 0 aromatic rings. The average Bonchev–Trinajstić information content (AvgIpc) is 3.15. The van der Waals surface area contributed by atoms with Gasteiger partial charge >= 0.3 is 0 Å². The summed E-state index contributed by atoms with van der Waals surface area (Å²) in [6.45, 7) is 10.3. The Bertz CT molecular complexity index is 247. The van der Waals surface area contributed by atoms with Gasteiger partial charge in [-0.2, -0.15) is 0 Å². The third-order valence-corrected chi connectivity index (χ3v) is 4.30. The molecular formula is C14H29N3O. The summed E-state index contributed by atoms with van der Waals surface area (Å²) >= 11 is 0. The van der Waals surface area contributed by atoms with Crippen molar-refractivity contribution in [3.63, 3.8) is 0 Å². The third kappa shape index (κ3) is 3.67. The van der Waals surface area contributed by atoms with Gasteiger partial charge in [0, 0.05) is 44.8 Å². The number of nitrogens with zero attached hydrogens (tertiary/aromatic N) is 2.